The van der Waals surface area contributed by atoms with E-state index in [2.05, 4.69) is 20.6 Å². The quantitative estimate of drug-likeness (QED) is 0.455. The van der Waals surface area contributed by atoms with Crippen LogP contribution in [0, 0.1) is 25.5 Å². The van der Waals surface area contributed by atoms with Gasteiger partial charge in [0.05, 0.1) is 12.2 Å². The van der Waals surface area contributed by atoms with E-state index in [0.29, 0.717) is 31.5 Å². The van der Waals surface area contributed by atoms with Gasteiger partial charge >= 0.3 is 0 Å². The average Bonchev–Trinajstić information content (AvgIpc) is 2.89. The highest BCUT2D eigenvalue weighted by Crippen LogP contribution is 2.17. The molecule has 2 aromatic rings. The van der Waals surface area contributed by atoms with Crippen LogP contribution >= 0.6 is 0 Å². The average molecular weight is 352 g/mol. The van der Waals surface area contributed by atoms with Gasteiger partial charge in [-0.1, -0.05) is 0 Å². The van der Waals surface area contributed by atoms with E-state index in [-0.39, 0.29) is 12.4 Å². The van der Waals surface area contributed by atoms with E-state index in [4.69, 9.17) is 9.15 Å². The van der Waals surface area contributed by atoms with Gasteiger partial charge in [0.2, 0.25) is 5.89 Å². The van der Waals surface area contributed by atoms with Crippen molar-refractivity contribution in [1.29, 1.82) is 0 Å². The molecule has 2 N–H and O–H groups in total. The highest BCUT2D eigenvalue weighted by Gasteiger charge is 2.06. The van der Waals surface area contributed by atoms with Gasteiger partial charge in [-0.2, -0.15) is 0 Å². The van der Waals surface area contributed by atoms with Crippen molar-refractivity contribution in [3.8, 4) is 5.75 Å². The predicted molar refractivity (Wildman–Crippen MR) is 90.6 cm³/mol. The Bertz CT molecular complexity index is 712. The zero-order chi connectivity index (χ0) is 18.2. The molecule has 0 fully saturated rings. The van der Waals surface area contributed by atoms with Crippen molar-refractivity contribution in [2.75, 3.05) is 19.7 Å². The van der Waals surface area contributed by atoms with Crippen LogP contribution in [0.3, 0.4) is 0 Å². The van der Waals surface area contributed by atoms with Gasteiger partial charge in [-0.25, -0.2) is 18.8 Å². The Balaban J connectivity index is 1.83. The maximum atomic E-state index is 13.5. The fraction of sp³-hybridized carbons (Fsp3) is 0.412. The van der Waals surface area contributed by atoms with Crippen molar-refractivity contribution in [1.82, 2.24) is 15.6 Å². The third-order valence-electron chi connectivity index (χ3n) is 3.34. The smallest absolute Gasteiger partial charge is 0.216 e. The molecular weight excluding hydrogens is 330 g/mol. The van der Waals surface area contributed by atoms with Gasteiger partial charge in [0.25, 0.3) is 0 Å². The summed E-state index contributed by atoms with van der Waals surface area (Å²) in [5, 5.41) is 6.14. The van der Waals surface area contributed by atoms with Crippen molar-refractivity contribution in [2.45, 2.75) is 27.3 Å². The summed E-state index contributed by atoms with van der Waals surface area (Å²) in [6.07, 6.45) is 0. The first-order valence-electron chi connectivity index (χ1n) is 8.02. The number of aromatic nitrogens is 1. The second kappa shape index (κ2) is 9.00. The first-order valence-corrected chi connectivity index (χ1v) is 8.02. The molecule has 0 saturated heterocycles. The molecule has 0 saturated carbocycles. The molecule has 8 heteroatoms. The van der Waals surface area contributed by atoms with Crippen LogP contribution < -0.4 is 15.4 Å². The highest BCUT2D eigenvalue weighted by molar-refractivity contribution is 5.79. The van der Waals surface area contributed by atoms with Crippen LogP contribution in [-0.2, 0) is 6.54 Å². The predicted octanol–water partition coefficient (Wildman–Crippen LogP) is 2.70. The van der Waals surface area contributed by atoms with E-state index in [1.165, 1.54) is 6.07 Å². The maximum Gasteiger partial charge on any atom is 0.216 e. The lowest BCUT2D eigenvalue weighted by atomic mass is 10.3. The van der Waals surface area contributed by atoms with Crippen molar-refractivity contribution in [2.24, 2.45) is 4.99 Å². The Morgan fingerprint density at radius 3 is 2.72 bits per heavy atom. The minimum Gasteiger partial charge on any atom is -0.489 e. The van der Waals surface area contributed by atoms with E-state index >= 15 is 0 Å². The number of nitrogens with one attached hydrogen (secondary N) is 2. The lowest BCUT2D eigenvalue weighted by Gasteiger charge is -2.12. The Morgan fingerprint density at radius 2 is 2.08 bits per heavy atom. The summed E-state index contributed by atoms with van der Waals surface area (Å²) in [5.74, 6) is 0.529. The van der Waals surface area contributed by atoms with Crippen LogP contribution in [0.25, 0.3) is 0 Å². The lowest BCUT2D eigenvalue weighted by molar-refractivity contribution is 0.304. The van der Waals surface area contributed by atoms with Gasteiger partial charge in [-0.3, -0.25) is 0 Å². The molecule has 0 unspecified atom stereocenters. The molecule has 0 atom stereocenters. The van der Waals surface area contributed by atoms with Gasteiger partial charge in [-0.05, 0) is 32.9 Å². The number of nitrogens with zero attached hydrogens (tertiary/aromatic N) is 2. The molecule has 0 aliphatic rings. The number of hydrogen-bond acceptors (Lipinski definition) is 4. The number of guanidine groups is 1. The topological polar surface area (TPSA) is 71.7 Å². The number of aryl methyl sites for hydroxylation is 2. The third kappa shape index (κ3) is 5.74. The molecule has 25 heavy (non-hydrogen) atoms. The molecule has 2 rings (SSSR count). The molecule has 0 bridgehead atoms. The third-order valence-corrected chi connectivity index (χ3v) is 3.34. The first-order chi connectivity index (χ1) is 12.0. The molecule has 0 radical (unpaired) electrons. The number of oxazole rings is 1. The Kier molecular flexibility index (Phi) is 6.73. The molecule has 6 nitrogen and oxygen atoms in total. The van der Waals surface area contributed by atoms with Crippen molar-refractivity contribution in [3.05, 3.63) is 47.2 Å². The second-order valence-corrected chi connectivity index (χ2v) is 5.29. The van der Waals surface area contributed by atoms with E-state index < -0.39 is 11.6 Å². The van der Waals surface area contributed by atoms with E-state index in [1.807, 2.05) is 20.8 Å². The molecule has 0 aliphatic heterocycles. The lowest BCUT2D eigenvalue weighted by Crippen LogP contribution is -2.39. The molecule has 1 heterocycles. The molecule has 1 aromatic carbocycles. The molecule has 0 aliphatic carbocycles. The summed E-state index contributed by atoms with van der Waals surface area (Å²) < 4.78 is 37.1. The summed E-state index contributed by atoms with van der Waals surface area (Å²) in [7, 11) is 0. The van der Waals surface area contributed by atoms with Gasteiger partial charge in [0.15, 0.2) is 17.5 Å². The van der Waals surface area contributed by atoms with Crippen LogP contribution in [0.1, 0.15) is 24.3 Å². The monoisotopic (exact) mass is 352 g/mol. The normalized spacial score (nSPS) is 11.5. The minimum atomic E-state index is -0.727. The zero-order valence-electron chi connectivity index (χ0n) is 14.5. The molecule has 0 spiro atoms. The molecule has 136 valence electrons. The summed E-state index contributed by atoms with van der Waals surface area (Å²) in [4.78, 5) is 8.64. The summed E-state index contributed by atoms with van der Waals surface area (Å²) >= 11 is 0. The fourth-order valence-corrected chi connectivity index (χ4v) is 2.02. The van der Waals surface area contributed by atoms with Crippen LogP contribution in [0.4, 0.5) is 8.78 Å². The minimum absolute atomic E-state index is 0.0101. The van der Waals surface area contributed by atoms with Crippen molar-refractivity contribution in [3.63, 3.8) is 0 Å². The number of rotatable bonds is 7. The van der Waals surface area contributed by atoms with E-state index in [1.54, 1.807) is 0 Å². The van der Waals surface area contributed by atoms with Gasteiger partial charge in [-0.15, -0.1) is 0 Å². The number of ether oxygens (including phenoxy) is 1. The largest absolute Gasteiger partial charge is 0.489 e. The van der Waals surface area contributed by atoms with Gasteiger partial charge in [0, 0.05) is 12.6 Å². The molecular formula is C17H22F2N4O2. The van der Waals surface area contributed by atoms with Crippen LogP contribution in [0.2, 0.25) is 0 Å². The zero-order valence-corrected chi connectivity index (χ0v) is 14.5. The summed E-state index contributed by atoms with van der Waals surface area (Å²) in [5.41, 5.74) is 0.845. The Hall–Kier alpha value is -2.64. The Labute approximate surface area is 145 Å². The second-order valence-electron chi connectivity index (χ2n) is 5.29. The van der Waals surface area contributed by atoms with Crippen molar-refractivity contribution >= 4 is 5.96 Å². The number of halogens is 2. The molecule has 0 amide bonds. The fourth-order valence-electron chi connectivity index (χ4n) is 2.02. The maximum absolute atomic E-state index is 13.5. The Morgan fingerprint density at radius 1 is 1.28 bits per heavy atom. The van der Waals surface area contributed by atoms with Crippen LogP contribution in [0.5, 0.6) is 5.75 Å². The number of aliphatic imine (C=N–C) groups is 1. The summed E-state index contributed by atoms with van der Waals surface area (Å²) in [6, 6.07) is 3.20. The van der Waals surface area contributed by atoms with Crippen LogP contribution in [-0.4, -0.2) is 30.6 Å². The molecule has 1 aromatic heterocycles. The number of benzene rings is 1. The standard InChI is InChI=1S/C17H22F2N4O2/c1-4-20-17(22-10-16-23-11(2)12(3)25-16)21-7-8-24-15-6-5-13(18)9-14(15)19/h5-6,9H,4,7-8,10H2,1-3H3,(H2,20,21,22). The first kappa shape index (κ1) is 18.7. The van der Waals surface area contributed by atoms with E-state index in [9.17, 15) is 8.78 Å². The van der Waals surface area contributed by atoms with Crippen LogP contribution in [0.15, 0.2) is 27.6 Å². The SMILES string of the molecule is CCNC(=NCc1nc(C)c(C)o1)NCCOc1ccc(F)cc1F. The number of hydrogen-bond donors (Lipinski definition) is 2. The van der Waals surface area contributed by atoms with Gasteiger partial charge < -0.3 is 19.8 Å². The van der Waals surface area contributed by atoms with Gasteiger partial charge in [0.1, 0.15) is 24.7 Å². The van der Waals surface area contributed by atoms with Crippen molar-refractivity contribution < 1.29 is 17.9 Å². The van der Waals surface area contributed by atoms with E-state index in [0.717, 1.165) is 23.6 Å². The summed E-state index contributed by atoms with van der Waals surface area (Å²) in [6.45, 7) is 7.25. The highest BCUT2D eigenvalue weighted by atomic mass is 19.1.